The smallest absolute Gasteiger partial charge is 0.233 e. The number of rotatable bonds is 2. The Bertz CT molecular complexity index is 1240. The van der Waals surface area contributed by atoms with Gasteiger partial charge in [-0.05, 0) is 40.2 Å². The number of aromatic nitrogens is 2. The highest BCUT2D eigenvalue weighted by molar-refractivity contribution is 9.10. The minimum Gasteiger partial charge on any atom is -0.428 e. The van der Waals surface area contributed by atoms with E-state index in [0.717, 1.165) is 0 Å². The summed E-state index contributed by atoms with van der Waals surface area (Å²) in [7, 11) is 0. The minimum absolute atomic E-state index is 0.0194. The Morgan fingerprint density at radius 1 is 0.750 bits per heavy atom. The maximum atomic E-state index is 8.75. The van der Waals surface area contributed by atoms with E-state index in [1.165, 1.54) is 0 Å². The molecule has 0 aliphatic carbocycles. The van der Waals surface area contributed by atoms with Crippen molar-refractivity contribution >= 4 is 68.2 Å². The first-order valence-electron chi connectivity index (χ1n) is 8.38. The van der Waals surface area contributed by atoms with E-state index >= 15 is 0 Å². The van der Waals surface area contributed by atoms with Gasteiger partial charge in [-0.1, -0.05) is 58.5 Å². The van der Waals surface area contributed by atoms with Gasteiger partial charge in [0.15, 0.2) is 5.69 Å². The van der Waals surface area contributed by atoms with Gasteiger partial charge < -0.3 is 14.6 Å². The number of hydrogen-bond acceptors (Lipinski definition) is 7. The molecule has 0 fully saturated rings. The van der Waals surface area contributed by atoms with Crippen molar-refractivity contribution < 1.29 is 8.83 Å². The lowest BCUT2D eigenvalue weighted by molar-refractivity contribution is 0.549. The highest BCUT2D eigenvalue weighted by Gasteiger charge is 2.18. The average molecular weight is 572 g/mol. The van der Waals surface area contributed by atoms with Gasteiger partial charge >= 0.3 is 0 Å². The third kappa shape index (κ3) is 5.02. The maximum Gasteiger partial charge on any atom is 0.233 e. The van der Waals surface area contributed by atoms with Gasteiger partial charge in [0.25, 0.3) is 0 Å². The van der Waals surface area contributed by atoms with Crippen LogP contribution < -0.4 is 5.73 Å². The van der Waals surface area contributed by atoms with Crippen LogP contribution in [-0.4, -0.2) is 9.97 Å². The quantitative estimate of drug-likeness (QED) is 0.266. The van der Waals surface area contributed by atoms with Crippen molar-refractivity contribution in [3.8, 4) is 35.0 Å². The first kappa shape index (κ1) is 23.9. The molecule has 0 unspecified atom stereocenters. The molecule has 2 aromatic heterocycles. The molecule has 12 heteroatoms. The van der Waals surface area contributed by atoms with Gasteiger partial charge in [-0.15, -0.1) is 0 Å². The molecule has 0 saturated carbocycles. The van der Waals surface area contributed by atoms with Crippen LogP contribution in [0.4, 0.5) is 5.88 Å². The standard InChI is InChI=1S/C10H3BrCl2N2O.C10H5Cl2N3O/c11-9-7(4-14)15-10(16-9)8-5(12)2-1-3-6(8)13;11-5-2-1-3-6(12)8(5)10-15-7(4-13)9(14)16-10/h1-3H;1-3H,14H2. The fraction of sp³-hybridized carbons (Fsp3) is 0. The molecule has 7 nitrogen and oxygen atoms in total. The van der Waals surface area contributed by atoms with E-state index in [0.29, 0.717) is 31.2 Å². The van der Waals surface area contributed by atoms with Crippen LogP contribution in [0.5, 0.6) is 0 Å². The van der Waals surface area contributed by atoms with Crippen LogP contribution >= 0.6 is 62.3 Å². The van der Waals surface area contributed by atoms with Crippen LogP contribution in [0.25, 0.3) is 22.9 Å². The summed E-state index contributed by atoms with van der Waals surface area (Å²) in [5.41, 5.74) is 6.54. The molecule has 32 heavy (non-hydrogen) atoms. The van der Waals surface area contributed by atoms with Crippen LogP contribution in [0, 0.1) is 22.7 Å². The summed E-state index contributed by atoms with van der Waals surface area (Å²) in [5, 5.41) is 19.1. The Labute approximate surface area is 210 Å². The summed E-state index contributed by atoms with van der Waals surface area (Å²) >= 11 is 27.0. The summed E-state index contributed by atoms with van der Waals surface area (Å²) in [4.78, 5) is 7.88. The van der Waals surface area contributed by atoms with Crippen LogP contribution in [0.2, 0.25) is 20.1 Å². The fourth-order valence-electron chi connectivity index (χ4n) is 2.40. The Morgan fingerprint density at radius 2 is 1.16 bits per heavy atom. The number of nitrogens with two attached hydrogens (primary N) is 1. The van der Waals surface area contributed by atoms with Crippen LogP contribution in [0.3, 0.4) is 0 Å². The number of nitrogens with zero attached hydrogens (tertiary/aromatic N) is 4. The Hall–Kier alpha value is -2.72. The second kappa shape index (κ2) is 10.3. The predicted octanol–water partition coefficient (Wildman–Crippen LogP) is 7.38. The fourth-order valence-corrected chi connectivity index (χ4v) is 3.85. The summed E-state index contributed by atoms with van der Waals surface area (Å²) in [6, 6.07) is 13.8. The molecule has 0 aliphatic rings. The van der Waals surface area contributed by atoms with Gasteiger partial charge in [-0.25, -0.2) is 0 Å². The number of halogens is 5. The zero-order valence-electron chi connectivity index (χ0n) is 15.5. The average Bonchev–Trinajstić information content (AvgIpc) is 3.30. The molecule has 2 N–H and O–H groups in total. The van der Waals surface area contributed by atoms with Gasteiger partial charge in [0.05, 0.1) is 31.2 Å². The topological polar surface area (TPSA) is 126 Å². The van der Waals surface area contributed by atoms with Gasteiger partial charge in [0, 0.05) is 0 Å². The van der Waals surface area contributed by atoms with Gasteiger partial charge in [0.1, 0.15) is 12.1 Å². The second-order valence-corrected chi connectivity index (χ2v) is 8.14. The van der Waals surface area contributed by atoms with E-state index in [2.05, 4.69) is 25.9 Å². The van der Waals surface area contributed by atoms with Crippen LogP contribution in [-0.2, 0) is 0 Å². The van der Waals surface area contributed by atoms with Crippen LogP contribution in [0.1, 0.15) is 11.4 Å². The predicted molar refractivity (Wildman–Crippen MR) is 125 cm³/mol. The number of nitrogen functional groups attached to an aromatic ring is 1. The molecule has 4 rings (SSSR count). The van der Waals surface area contributed by atoms with E-state index in [9.17, 15) is 0 Å². The monoisotopic (exact) mass is 569 g/mol. The molecular formula is C20H8BrCl4N5O2. The molecule has 0 amide bonds. The van der Waals surface area contributed by atoms with Crippen molar-refractivity contribution in [3.63, 3.8) is 0 Å². The molecule has 4 aromatic rings. The summed E-state index contributed by atoms with van der Waals surface area (Å²) in [5.74, 6) is 0.317. The SMILES string of the molecule is N#Cc1nc(-c2c(Cl)cccc2Cl)oc1Br.N#Cc1nc(-c2c(Cl)cccc2Cl)oc1N. The van der Waals surface area contributed by atoms with E-state index in [1.54, 1.807) is 36.4 Å². The maximum absolute atomic E-state index is 8.75. The number of anilines is 1. The molecule has 0 atom stereocenters. The highest BCUT2D eigenvalue weighted by atomic mass is 79.9. The normalized spacial score (nSPS) is 10.1. The molecule has 0 radical (unpaired) electrons. The summed E-state index contributed by atoms with van der Waals surface area (Å²) in [6.45, 7) is 0. The van der Waals surface area contributed by atoms with Crippen LogP contribution in [0.15, 0.2) is 49.9 Å². The molecule has 0 aliphatic heterocycles. The van der Waals surface area contributed by atoms with E-state index in [4.69, 9.17) is 71.5 Å². The number of oxazole rings is 2. The van der Waals surface area contributed by atoms with Crippen molar-refractivity contribution in [1.29, 1.82) is 10.5 Å². The molecule has 2 heterocycles. The number of nitriles is 2. The molecule has 0 bridgehead atoms. The molecule has 2 aromatic carbocycles. The van der Waals surface area contributed by atoms with Crippen molar-refractivity contribution in [1.82, 2.24) is 9.97 Å². The van der Waals surface area contributed by atoms with Gasteiger partial charge in [0.2, 0.25) is 28.0 Å². The van der Waals surface area contributed by atoms with Gasteiger partial charge in [-0.2, -0.15) is 20.5 Å². The van der Waals surface area contributed by atoms with Gasteiger partial charge in [-0.3, -0.25) is 0 Å². The van der Waals surface area contributed by atoms with E-state index < -0.39 is 0 Å². The first-order valence-corrected chi connectivity index (χ1v) is 10.7. The molecule has 160 valence electrons. The lowest BCUT2D eigenvalue weighted by Crippen LogP contribution is -1.84. The third-order valence-electron chi connectivity index (χ3n) is 3.80. The lowest BCUT2D eigenvalue weighted by Gasteiger charge is -2.00. The van der Waals surface area contributed by atoms with Crippen molar-refractivity contribution in [2.45, 2.75) is 0 Å². The van der Waals surface area contributed by atoms with Crippen molar-refractivity contribution in [2.75, 3.05) is 5.73 Å². The summed E-state index contributed by atoms with van der Waals surface area (Å²) in [6.07, 6.45) is 0. The Morgan fingerprint density at radius 3 is 1.53 bits per heavy atom. The zero-order chi connectivity index (χ0) is 23.4. The molecular weight excluding hydrogens is 564 g/mol. The third-order valence-corrected chi connectivity index (χ3v) is 5.60. The van der Waals surface area contributed by atoms with Crippen molar-refractivity contribution in [2.24, 2.45) is 0 Å². The number of benzene rings is 2. The van der Waals surface area contributed by atoms with Crippen molar-refractivity contribution in [3.05, 3.63) is 72.5 Å². The second-order valence-electron chi connectivity index (χ2n) is 5.79. The zero-order valence-corrected chi connectivity index (χ0v) is 20.1. The first-order chi connectivity index (χ1) is 15.3. The van der Waals surface area contributed by atoms with E-state index in [1.807, 2.05) is 12.1 Å². The Kier molecular flexibility index (Phi) is 7.68. The summed E-state index contributed by atoms with van der Waals surface area (Å²) < 4.78 is 10.7. The highest BCUT2D eigenvalue weighted by Crippen LogP contribution is 2.36. The van der Waals surface area contributed by atoms with E-state index in [-0.39, 0.29) is 33.7 Å². The molecule has 0 saturated heterocycles. The Balaban J connectivity index is 0.000000181. The lowest BCUT2D eigenvalue weighted by atomic mass is 10.2. The molecule has 0 spiro atoms. The number of hydrogen-bond donors (Lipinski definition) is 1. The largest absolute Gasteiger partial charge is 0.428 e. The minimum atomic E-state index is -0.0477.